The highest BCUT2D eigenvalue weighted by molar-refractivity contribution is 5.23. The second-order valence-corrected chi connectivity index (χ2v) is 3.87. The second kappa shape index (κ2) is 7.19. The van der Waals surface area contributed by atoms with Gasteiger partial charge < -0.3 is 14.8 Å². The molecule has 0 radical (unpaired) electrons. The Morgan fingerprint density at radius 2 is 2.19 bits per heavy atom. The molecule has 0 aliphatic carbocycles. The van der Waals surface area contributed by atoms with Gasteiger partial charge in [-0.25, -0.2) is 0 Å². The molecular formula is C12H20N2O2. The molecule has 90 valence electrons. The molecule has 4 nitrogen and oxygen atoms in total. The van der Waals surface area contributed by atoms with Gasteiger partial charge in [0.2, 0.25) is 0 Å². The molecule has 0 bridgehead atoms. The molecule has 0 amide bonds. The fraction of sp³-hybridized carbons (Fsp3) is 0.583. The summed E-state index contributed by atoms with van der Waals surface area (Å²) in [5.74, 6) is 0.820. The zero-order valence-corrected chi connectivity index (χ0v) is 10.2. The van der Waals surface area contributed by atoms with Crippen LogP contribution in [0.25, 0.3) is 0 Å². The number of methoxy groups -OCH3 is 1. The van der Waals surface area contributed by atoms with Crippen molar-refractivity contribution in [3.8, 4) is 5.75 Å². The van der Waals surface area contributed by atoms with Gasteiger partial charge in [0.05, 0.1) is 18.9 Å². The summed E-state index contributed by atoms with van der Waals surface area (Å²) in [4.78, 5) is 4.14. The Labute approximate surface area is 97.0 Å². The molecule has 0 aliphatic heterocycles. The topological polar surface area (TPSA) is 43.4 Å². The van der Waals surface area contributed by atoms with E-state index in [0.29, 0.717) is 0 Å². The smallest absolute Gasteiger partial charge is 0.138 e. The molecule has 1 rings (SSSR count). The minimum Gasteiger partial charge on any atom is -0.489 e. The van der Waals surface area contributed by atoms with Crippen LogP contribution in [0.4, 0.5) is 0 Å². The summed E-state index contributed by atoms with van der Waals surface area (Å²) in [6.45, 7) is 6.35. The van der Waals surface area contributed by atoms with Gasteiger partial charge in [-0.1, -0.05) is 0 Å². The van der Waals surface area contributed by atoms with E-state index >= 15 is 0 Å². The third-order valence-corrected chi connectivity index (χ3v) is 1.95. The van der Waals surface area contributed by atoms with Gasteiger partial charge >= 0.3 is 0 Å². The largest absolute Gasteiger partial charge is 0.489 e. The normalized spacial score (nSPS) is 10.8. The summed E-state index contributed by atoms with van der Waals surface area (Å²) in [7, 11) is 1.69. The number of hydrogen-bond acceptors (Lipinski definition) is 4. The number of ether oxygens (including phenoxy) is 2. The van der Waals surface area contributed by atoms with Crippen LogP contribution in [-0.2, 0) is 11.3 Å². The van der Waals surface area contributed by atoms with E-state index < -0.39 is 0 Å². The minimum absolute atomic E-state index is 0.179. The van der Waals surface area contributed by atoms with E-state index in [-0.39, 0.29) is 6.10 Å². The van der Waals surface area contributed by atoms with Crippen molar-refractivity contribution in [3.63, 3.8) is 0 Å². The van der Waals surface area contributed by atoms with Crippen molar-refractivity contribution >= 4 is 0 Å². The molecule has 0 spiro atoms. The van der Waals surface area contributed by atoms with Crippen molar-refractivity contribution in [2.45, 2.75) is 26.5 Å². The van der Waals surface area contributed by atoms with Crippen molar-refractivity contribution in [2.24, 2.45) is 0 Å². The van der Waals surface area contributed by atoms with Gasteiger partial charge in [-0.15, -0.1) is 0 Å². The van der Waals surface area contributed by atoms with Crippen LogP contribution in [0.3, 0.4) is 0 Å². The summed E-state index contributed by atoms with van der Waals surface area (Å²) in [5, 5.41) is 3.26. The summed E-state index contributed by atoms with van der Waals surface area (Å²) in [6.07, 6.45) is 3.75. The van der Waals surface area contributed by atoms with Gasteiger partial charge in [0, 0.05) is 26.4 Å². The van der Waals surface area contributed by atoms with E-state index in [4.69, 9.17) is 9.47 Å². The van der Waals surface area contributed by atoms with E-state index in [0.717, 1.165) is 31.0 Å². The predicted molar refractivity (Wildman–Crippen MR) is 63.6 cm³/mol. The Kier molecular flexibility index (Phi) is 5.82. The highest BCUT2D eigenvalue weighted by Crippen LogP contribution is 2.12. The molecular weight excluding hydrogens is 204 g/mol. The molecule has 0 aromatic carbocycles. The molecule has 0 fully saturated rings. The molecule has 0 saturated heterocycles. The Hall–Kier alpha value is -1.13. The number of nitrogens with zero attached hydrogens (tertiary/aromatic N) is 1. The highest BCUT2D eigenvalue weighted by atomic mass is 16.5. The van der Waals surface area contributed by atoms with Crippen molar-refractivity contribution < 1.29 is 9.47 Å². The van der Waals surface area contributed by atoms with Crippen LogP contribution in [0.2, 0.25) is 0 Å². The van der Waals surface area contributed by atoms with Crippen LogP contribution in [0.1, 0.15) is 19.4 Å². The standard InChI is InChI=1S/C12H20N2O2/c1-10(2)16-12-6-11(8-14-9-12)7-13-4-5-15-3/h6,8-10,13H,4-5,7H2,1-3H3. The van der Waals surface area contributed by atoms with Gasteiger partial charge in [0.1, 0.15) is 5.75 Å². The molecule has 1 N–H and O–H groups in total. The average molecular weight is 224 g/mol. The number of pyridine rings is 1. The Morgan fingerprint density at radius 1 is 1.38 bits per heavy atom. The molecule has 1 aromatic rings. The monoisotopic (exact) mass is 224 g/mol. The quantitative estimate of drug-likeness (QED) is 0.714. The Balaban J connectivity index is 2.41. The molecule has 1 heterocycles. The first-order valence-corrected chi connectivity index (χ1v) is 5.52. The molecule has 0 aliphatic rings. The zero-order valence-electron chi connectivity index (χ0n) is 10.2. The lowest BCUT2D eigenvalue weighted by Gasteiger charge is -2.10. The second-order valence-electron chi connectivity index (χ2n) is 3.87. The number of aromatic nitrogens is 1. The van der Waals surface area contributed by atoms with Crippen molar-refractivity contribution in [1.82, 2.24) is 10.3 Å². The van der Waals surface area contributed by atoms with Gasteiger partial charge in [0.15, 0.2) is 0 Å². The lowest BCUT2D eigenvalue weighted by molar-refractivity contribution is 0.199. The van der Waals surface area contributed by atoms with Crippen LogP contribution >= 0.6 is 0 Å². The van der Waals surface area contributed by atoms with Crippen LogP contribution in [0.15, 0.2) is 18.5 Å². The molecule has 16 heavy (non-hydrogen) atoms. The number of hydrogen-bond donors (Lipinski definition) is 1. The summed E-state index contributed by atoms with van der Waals surface area (Å²) >= 11 is 0. The maximum absolute atomic E-state index is 5.57. The van der Waals surface area contributed by atoms with E-state index in [1.807, 2.05) is 26.1 Å². The first-order chi connectivity index (χ1) is 7.72. The van der Waals surface area contributed by atoms with Crippen LogP contribution in [0, 0.1) is 0 Å². The Bertz CT molecular complexity index is 303. The van der Waals surface area contributed by atoms with Crippen molar-refractivity contribution in [1.29, 1.82) is 0 Å². The van der Waals surface area contributed by atoms with Crippen LogP contribution in [-0.4, -0.2) is 31.3 Å². The fourth-order valence-corrected chi connectivity index (χ4v) is 1.30. The number of rotatable bonds is 7. The Morgan fingerprint density at radius 3 is 2.88 bits per heavy atom. The molecule has 0 atom stereocenters. The maximum Gasteiger partial charge on any atom is 0.138 e. The molecule has 0 saturated carbocycles. The lowest BCUT2D eigenvalue weighted by atomic mass is 10.2. The third-order valence-electron chi connectivity index (χ3n) is 1.95. The van der Waals surface area contributed by atoms with Gasteiger partial charge in [-0.3, -0.25) is 4.98 Å². The van der Waals surface area contributed by atoms with Gasteiger partial charge in [-0.2, -0.15) is 0 Å². The SMILES string of the molecule is COCCNCc1cncc(OC(C)C)c1. The van der Waals surface area contributed by atoms with E-state index in [1.165, 1.54) is 0 Å². The number of nitrogens with one attached hydrogen (secondary N) is 1. The first-order valence-electron chi connectivity index (χ1n) is 5.52. The van der Waals surface area contributed by atoms with E-state index in [2.05, 4.69) is 10.3 Å². The van der Waals surface area contributed by atoms with Crippen molar-refractivity contribution in [3.05, 3.63) is 24.0 Å². The first kappa shape index (κ1) is 12.9. The van der Waals surface area contributed by atoms with Gasteiger partial charge in [-0.05, 0) is 25.5 Å². The van der Waals surface area contributed by atoms with Gasteiger partial charge in [0.25, 0.3) is 0 Å². The fourth-order valence-electron chi connectivity index (χ4n) is 1.30. The molecule has 1 aromatic heterocycles. The van der Waals surface area contributed by atoms with Crippen LogP contribution in [0.5, 0.6) is 5.75 Å². The lowest BCUT2D eigenvalue weighted by Crippen LogP contribution is -2.18. The minimum atomic E-state index is 0.179. The summed E-state index contributed by atoms with van der Waals surface area (Å²) in [6, 6.07) is 2.01. The third kappa shape index (κ3) is 5.09. The van der Waals surface area contributed by atoms with Crippen LogP contribution < -0.4 is 10.1 Å². The van der Waals surface area contributed by atoms with Crippen molar-refractivity contribution in [2.75, 3.05) is 20.3 Å². The van der Waals surface area contributed by atoms with E-state index in [1.54, 1.807) is 13.3 Å². The summed E-state index contributed by atoms with van der Waals surface area (Å²) < 4.78 is 10.5. The predicted octanol–water partition coefficient (Wildman–Crippen LogP) is 1.60. The average Bonchev–Trinajstić information content (AvgIpc) is 2.24. The molecule has 0 unspecified atom stereocenters. The maximum atomic E-state index is 5.57. The van der Waals surface area contributed by atoms with E-state index in [9.17, 15) is 0 Å². The zero-order chi connectivity index (χ0) is 11.8. The summed E-state index contributed by atoms with van der Waals surface area (Å²) in [5.41, 5.74) is 1.12. The highest BCUT2D eigenvalue weighted by Gasteiger charge is 2.00. The molecule has 4 heteroatoms.